The molecule has 3 fully saturated rings. The van der Waals surface area contributed by atoms with Crippen molar-refractivity contribution in [3.05, 3.63) is 65.1 Å². The van der Waals surface area contributed by atoms with Crippen LogP contribution >= 0.6 is 11.6 Å². The number of carbonyl (C=O) groups is 3. The van der Waals surface area contributed by atoms with Crippen LogP contribution in [0.3, 0.4) is 0 Å². The molecule has 4 aromatic heterocycles. The molecular weight excluding hydrogens is 536 g/mol. The first-order valence-electron chi connectivity index (χ1n) is 12.9. The molecule has 1 aliphatic heterocycles. The largest absolute Gasteiger partial charge is 0.363 e. The molecule has 0 aromatic carbocycles. The van der Waals surface area contributed by atoms with Gasteiger partial charge in [-0.15, -0.1) is 5.10 Å². The fourth-order valence-corrected chi connectivity index (χ4v) is 5.10. The number of urea groups is 1. The maximum Gasteiger partial charge on any atom is 0.329 e. The summed E-state index contributed by atoms with van der Waals surface area (Å²) in [6.45, 7) is 0.177. The van der Waals surface area contributed by atoms with Crippen LogP contribution in [0.25, 0.3) is 5.65 Å². The lowest BCUT2D eigenvalue weighted by molar-refractivity contribution is -0.118. The third kappa shape index (κ3) is 4.79. The van der Waals surface area contributed by atoms with Crippen molar-refractivity contribution in [1.29, 1.82) is 0 Å². The summed E-state index contributed by atoms with van der Waals surface area (Å²) in [6, 6.07) is 6.58. The third-order valence-corrected chi connectivity index (χ3v) is 7.44. The van der Waals surface area contributed by atoms with E-state index in [-0.39, 0.29) is 36.7 Å². The first-order valence-corrected chi connectivity index (χ1v) is 13.3. The van der Waals surface area contributed by atoms with E-state index in [1.807, 2.05) is 12.3 Å². The number of amides is 4. The summed E-state index contributed by atoms with van der Waals surface area (Å²) in [5, 5.41) is 13.5. The molecule has 40 heavy (non-hydrogen) atoms. The number of nitrogens with zero attached hydrogens (tertiary/aromatic N) is 7. The van der Waals surface area contributed by atoms with Gasteiger partial charge in [-0.3, -0.25) is 24.8 Å². The average molecular weight is 559 g/mol. The van der Waals surface area contributed by atoms with Gasteiger partial charge in [-0.25, -0.2) is 24.3 Å². The van der Waals surface area contributed by atoms with Crippen LogP contribution in [0.15, 0.2) is 43.0 Å². The van der Waals surface area contributed by atoms with Gasteiger partial charge in [0.15, 0.2) is 11.5 Å². The van der Waals surface area contributed by atoms with Crippen molar-refractivity contribution in [2.75, 3.05) is 22.1 Å². The predicted molar refractivity (Wildman–Crippen MR) is 144 cm³/mol. The van der Waals surface area contributed by atoms with Crippen LogP contribution < -0.4 is 20.9 Å². The summed E-state index contributed by atoms with van der Waals surface area (Å²) in [5.41, 5.74) is 2.89. The summed E-state index contributed by atoms with van der Waals surface area (Å²) in [7, 11) is 0. The molecule has 14 heteroatoms. The van der Waals surface area contributed by atoms with Crippen LogP contribution in [0.5, 0.6) is 0 Å². The summed E-state index contributed by atoms with van der Waals surface area (Å²) < 4.78 is 1.66. The van der Waals surface area contributed by atoms with Crippen molar-refractivity contribution in [3.8, 4) is 0 Å². The molecule has 2 saturated carbocycles. The molecule has 7 rings (SSSR count). The Morgan fingerprint density at radius 1 is 1.12 bits per heavy atom. The minimum atomic E-state index is -0.473. The van der Waals surface area contributed by atoms with Crippen LogP contribution in [0, 0.1) is 5.92 Å². The fourth-order valence-electron chi connectivity index (χ4n) is 4.93. The summed E-state index contributed by atoms with van der Waals surface area (Å²) in [5.74, 6) is 1.09. The molecule has 3 N–H and O–H groups in total. The van der Waals surface area contributed by atoms with Gasteiger partial charge in [-0.1, -0.05) is 11.6 Å². The number of rotatable bonds is 8. The Morgan fingerprint density at radius 2 is 1.98 bits per heavy atom. The Morgan fingerprint density at radius 3 is 2.75 bits per heavy atom. The first kappa shape index (κ1) is 24.4. The summed E-state index contributed by atoms with van der Waals surface area (Å²) in [4.78, 5) is 55.7. The molecule has 5 heterocycles. The highest BCUT2D eigenvalue weighted by Crippen LogP contribution is 2.47. The van der Waals surface area contributed by atoms with Gasteiger partial charge in [0, 0.05) is 41.0 Å². The number of nitrogens with one attached hydrogen (secondary N) is 3. The SMILES string of the molecule is O=C1CN(c2cc(C3CC3)cn3nc(CNc4cc(NC(=O)[C@H]5C[C@@H]5c5cc(Cl)ccn5)ncn4)nc23)C(=O)N1. The lowest BCUT2D eigenvalue weighted by Gasteiger charge is -2.15. The fraction of sp³-hybridized carbons (Fsp3) is 0.308. The van der Waals surface area contributed by atoms with Gasteiger partial charge < -0.3 is 10.6 Å². The van der Waals surface area contributed by atoms with E-state index in [0.29, 0.717) is 46.2 Å². The van der Waals surface area contributed by atoms with E-state index in [1.54, 1.807) is 28.9 Å². The van der Waals surface area contributed by atoms with Gasteiger partial charge in [0.2, 0.25) is 11.8 Å². The predicted octanol–water partition coefficient (Wildman–Crippen LogP) is 2.86. The van der Waals surface area contributed by atoms with E-state index in [0.717, 1.165) is 24.1 Å². The van der Waals surface area contributed by atoms with Gasteiger partial charge in [-0.05, 0) is 48.9 Å². The third-order valence-electron chi connectivity index (χ3n) is 7.21. The second-order valence-corrected chi connectivity index (χ2v) is 10.6. The normalized spacial score (nSPS) is 20.1. The molecule has 0 spiro atoms. The second kappa shape index (κ2) is 9.52. The number of pyridine rings is 2. The molecule has 3 aliphatic rings. The molecule has 13 nitrogen and oxygen atoms in total. The smallest absolute Gasteiger partial charge is 0.329 e. The van der Waals surface area contributed by atoms with Crippen molar-refractivity contribution >= 4 is 52.4 Å². The molecule has 4 aromatic rings. The van der Waals surface area contributed by atoms with Gasteiger partial charge in [0.1, 0.15) is 24.5 Å². The number of hydrogen-bond donors (Lipinski definition) is 3. The highest BCUT2D eigenvalue weighted by Gasteiger charge is 2.45. The Labute approximate surface area is 232 Å². The Hall–Kier alpha value is -4.65. The van der Waals surface area contributed by atoms with Gasteiger partial charge in [0.25, 0.3) is 0 Å². The van der Waals surface area contributed by atoms with Crippen LogP contribution in [0.2, 0.25) is 5.02 Å². The van der Waals surface area contributed by atoms with Crippen molar-refractivity contribution in [2.45, 2.75) is 37.6 Å². The highest BCUT2D eigenvalue weighted by atomic mass is 35.5. The van der Waals surface area contributed by atoms with E-state index < -0.39 is 6.03 Å². The summed E-state index contributed by atoms with van der Waals surface area (Å²) >= 11 is 6.05. The maximum atomic E-state index is 12.8. The van der Waals surface area contributed by atoms with E-state index in [4.69, 9.17) is 11.6 Å². The minimum Gasteiger partial charge on any atom is -0.363 e. The van der Waals surface area contributed by atoms with Crippen molar-refractivity contribution in [1.82, 2.24) is 34.9 Å². The molecule has 2 atom stereocenters. The Kier molecular flexibility index (Phi) is 5.81. The summed E-state index contributed by atoms with van der Waals surface area (Å²) in [6.07, 6.45) is 7.77. The monoisotopic (exact) mass is 558 g/mol. The van der Waals surface area contributed by atoms with Crippen molar-refractivity contribution in [2.24, 2.45) is 5.92 Å². The van der Waals surface area contributed by atoms with Gasteiger partial charge in [-0.2, -0.15) is 0 Å². The minimum absolute atomic E-state index is 0.0364. The lowest BCUT2D eigenvalue weighted by Crippen LogP contribution is -2.28. The molecule has 0 bridgehead atoms. The number of aromatic nitrogens is 6. The molecule has 2 aliphatic carbocycles. The average Bonchev–Trinajstić information content (AvgIpc) is 3.86. The number of halogens is 1. The standard InChI is InChI=1S/C26H23ClN10O3/c27-15-3-4-28-18(6-15)16-7-17(16)25(39)33-21-8-20(30-12-31-21)29-9-22-32-24-19(36-11-23(38)34-26(36)40)5-14(13-1-2-13)10-37(24)35-22/h3-6,8,10,12-13,16-17H,1-2,7,9,11H2,(H,34,38,40)(H2,29,30,31,33,39)/t16-,17-/m0/s1. The second-order valence-electron chi connectivity index (χ2n) is 10.1. The van der Waals surface area contributed by atoms with E-state index in [1.165, 1.54) is 11.2 Å². The van der Waals surface area contributed by atoms with Gasteiger partial charge in [0.05, 0.1) is 12.2 Å². The zero-order valence-electron chi connectivity index (χ0n) is 21.0. The topological polar surface area (TPSA) is 159 Å². The number of hydrogen-bond acceptors (Lipinski definition) is 9. The molecule has 1 saturated heterocycles. The number of fused-ring (bicyclic) bond motifs is 1. The first-order chi connectivity index (χ1) is 19.4. The van der Waals surface area contributed by atoms with E-state index in [9.17, 15) is 14.4 Å². The molecule has 202 valence electrons. The van der Waals surface area contributed by atoms with Crippen LogP contribution in [0.4, 0.5) is 22.1 Å². The molecular formula is C26H23ClN10O3. The van der Waals surface area contributed by atoms with E-state index >= 15 is 0 Å². The van der Waals surface area contributed by atoms with Crippen LogP contribution in [-0.4, -0.2) is 53.9 Å². The van der Waals surface area contributed by atoms with Crippen molar-refractivity contribution in [3.63, 3.8) is 0 Å². The molecule has 0 unspecified atom stereocenters. The molecule has 4 amide bonds. The van der Waals surface area contributed by atoms with E-state index in [2.05, 4.69) is 41.0 Å². The zero-order chi connectivity index (χ0) is 27.4. The van der Waals surface area contributed by atoms with Crippen LogP contribution in [-0.2, 0) is 16.1 Å². The number of carbonyl (C=O) groups excluding carboxylic acids is 3. The quantitative estimate of drug-likeness (QED) is 0.276. The highest BCUT2D eigenvalue weighted by molar-refractivity contribution is 6.30. The number of imide groups is 1. The lowest BCUT2D eigenvalue weighted by atomic mass is 10.1. The zero-order valence-corrected chi connectivity index (χ0v) is 21.8. The maximum absolute atomic E-state index is 12.8. The number of anilines is 3. The van der Waals surface area contributed by atoms with Crippen LogP contribution in [0.1, 0.15) is 48.2 Å². The van der Waals surface area contributed by atoms with Gasteiger partial charge >= 0.3 is 6.03 Å². The Bertz CT molecular complexity index is 1690. The Balaban J connectivity index is 1.04. The van der Waals surface area contributed by atoms with Crippen molar-refractivity contribution < 1.29 is 14.4 Å². The molecule has 0 radical (unpaired) electrons.